The first kappa shape index (κ1) is 17.2. The van der Waals surface area contributed by atoms with Crippen molar-refractivity contribution in [1.82, 2.24) is 9.88 Å². The highest BCUT2D eigenvalue weighted by molar-refractivity contribution is 9.10. The van der Waals surface area contributed by atoms with E-state index in [2.05, 4.69) is 25.9 Å². The Bertz CT molecular complexity index is 781. The van der Waals surface area contributed by atoms with Gasteiger partial charge in [-0.05, 0) is 34.1 Å². The summed E-state index contributed by atoms with van der Waals surface area (Å²) in [5, 5.41) is 0.762. The molecular formula is C16H17BrFN3O2. The second-order valence-corrected chi connectivity index (χ2v) is 5.93. The smallest absolute Gasteiger partial charge is 0.228 e. The number of carbonyl (C=O) groups excluding carboxylic acids is 1. The van der Waals surface area contributed by atoms with E-state index in [0.29, 0.717) is 21.5 Å². The number of rotatable bonds is 6. The van der Waals surface area contributed by atoms with Gasteiger partial charge in [-0.1, -0.05) is 0 Å². The van der Waals surface area contributed by atoms with Crippen LogP contribution in [0.1, 0.15) is 10.5 Å². The van der Waals surface area contributed by atoms with Crippen molar-refractivity contribution in [2.75, 3.05) is 28.0 Å². The number of hydrogen-bond acceptors (Lipinski definition) is 4. The van der Waals surface area contributed by atoms with Gasteiger partial charge in [-0.2, -0.15) is 0 Å². The van der Waals surface area contributed by atoms with E-state index in [0.717, 1.165) is 10.9 Å². The van der Waals surface area contributed by atoms with Crippen LogP contribution >= 0.6 is 15.9 Å². The minimum Gasteiger partial charge on any atom is -0.462 e. The average molecular weight is 382 g/mol. The molecule has 0 unspecified atom stereocenters. The van der Waals surface area contributed by atoms with Crippen LogP contribution in [0.5, 0.6) is 5.75 Å². The second-order valence-electron chi connectivity index (χ2n) is 5.07. The van der Waals surface area contributed by atoms with Crippen molar-refractivity contribution in [1.29, 1.82) is 0 Å². The molecule has 23 heavy (non-hydrogen) atoms. The summed E-state index contributed by atoms with van der Waals surface area (Å²) in [6.07, 6.45) is 3.22. The summed E-state index contributed by atoms with van der Waals surface area (Å²) in [4.78, 5) is 21.4. The standard InChI is InChI=1S/C16H17BrFN3O2/c1-19-7-11(8-21(2)3)16(22)14-4-10-5-15(23-9-18)12(17)6-13(10)20-14/h4-8,20H,9H2,1-3H3/b11-8+,19-7?. The van der Waals surface area contributed by atoms with Gasteiger partial charge in [-0.3, -0.25) is 9.79 Å². The van der Waals surface area contributed by atoms with E-state index in [1.54, 1.807) is 36.3 Å². The SMILES string of the molecule is CN=C/C(=C\N(C)C)C(=O)c1cc2cc(OCF)c(Br)cc2[nH]1. The van der Waals surface area contributed by atoms with Crippen molar-refractivity contribution < 1.29 is 13.9 Å². The van der Waals surface area contributed by atoms with Crippen LogP contribution in [0, 0.1) is 0 Å². The lowest BCUT2D eigenvalue weighted by atomic mass is 10.1. The van der Waals surface area contributed by atoms with Crippen LogP contribution in [-0.4, -0.2) is 49.9 Å². The monoisotopic (exact) mass is 381 g/mol. The molecule has 0 radical (unpaired) electrons. The van der Waals surface area contributed by atoms with Gasteiger partial charge in [0.1, 0.15) is 5.75 Å². The Morgan fingerprint density at radius 2 is 2.17 bits per heavy atom. The molecule has 1 N–H and O–H groups in total. The Morgan fingerprint density at radius 1 is 1.43 bits per heavy atom. The molecule has 0 fully saturated rings. The summed E-state index contributed by atoms with van der Waals surface area (Å²) < 4.78 is 17.9. The number of Topliss-reactive ketones (excluding diaryl/α,β-unsaturated/α-hetero) is 1. The van der Waals surface area contributed by atoms with Crippen molar-refractivity contribution in [2.24, 2.45) is 4.99 Å². The molecule has 2 aromatic rings. The molecule has 0 bridgehead atoms. The number of nitrogens with one attached hydrogen (secondary N) is 1. The molecule has 1 aromatic carbocycles. The number of hydrogen-bond donors (Lipinski definition) is 1. The molecule has 0 aliphatic heterocycles. The van der Waals surface area contributed by atoms with Gasteiger partial charge in [0.15, 0.2) is 0 Å². The Hall–Kier alpha value is -2.15. The van der Waals surface area contributed by atoms with E-state index < -0.39 is 6.86 Å². The van der Waals surface area contributed by atoms with Crippen molar-refractivity contribution in [3.8, 4) is 5.75 Å². The molecule has 1 heterocycles. The van der Waals surface area contributed by atoms with E-state index in [1.165, 1.54) is 6.21 Å². The van der Waals surface area contributed by atoms with Gasteiger partial charge in [0.2, 0.25) is 12.6 Å². The van der Waals surface area contributed by atoms with E-state index in [9.17, 15) is 9.18 Å². The predicted molar refractivity (Wildman–Crippen MR) is 93.1 cm³/mol. The number of ketones is 1. The fraction of sp³-hybridized carbons (Fsp3) is 0.250. The average Bonchev–Trinajstić information content (AvgIpc) is 2.89. The first-order valence-electron chi connectivity index (χ1n) is 6.82. The van der Waals surface area contributed by atoms with Crippen LogP contribution in [-0.2, 0) is 0 Å². The van der Waals surface area contributed by atoms with E-state index >= 15 is 0 Å². The molecule has 2 rings (SSSR count). The number of allylic oxidation sites excluding steroid dienone is 1. The summed E-state index contributed by atoms with van der Waals surface area (Å²) in [5.41, 5.74) is 1.64. The molecule has 5 nitrogen and oxygen atoms in total. The van der Waals surface area contributed by atoms with E-state index in [-0.39, 0.29) is 5.78 Å². The van der Waals surface area contributed by atoms with E-state index in [4.69, 9.17) is 4.74 Å². The number of aliphatic imine (C=N–C) groups is 1. The maximum atomic E-state index is 12.6. The summed E-state index contributed by atoms with van der Waals surface area (Å²) in [6, 6.07) is 5.14. The van der Waals surface area contributed by atoms with Gasteiger partial charge in [-0.15, -0.1) is 0 Å². The molecule has 1 aromatic heterocycles. The van der Waals surface area contributed by atoms with Crippen LogP contribution in [0.15, 0.2) is 39.4 Å². The Morgan fingerprint density at radius 3 is 2.78 bits per heavy atom. The fourth-order valence-corrected chi connectivity index (χ4v) is 2.61. The topological polar surface area (TPSA) is 57.7 Å². The first-order valence-corrected chi connectivity index (χ1v) is 7.61. The molecule has 0 atom stereocenters. The van der Waals surface area contributed by atoms with Gasteiger partial charge >= 0.3 is 0 Å². The molecule has 0 aliphatic carbocycles. The Balaban J connectivity index is 2.45. The summed E-state index contributed by atoms with van der Waals surface area (Å²) >= 11 is 3.32. The number of fused-ring (bicyclic) bond motifs is 1. The molecule has 122 valence electrons. The lowest BCUT2D eigenvalue weighted by molar-refractivity contribution is 0.103. The van der Waals surface area contributed by atoms with Crippen LogP contribution in [0.4, 0.5) is 4.39 Å². The molecular weight excluding hydrogens is 365 g/mol. The number of aromatic amines is 1. The maximum Gasteiger partial charge on any atom is 0.228 e. The third-order valence-corrected chi connectivity index (χ3v) is 3.68. The van der Waals surface area contributed by atoms with Crippen molar-refractivity contribution in [3.63, 3.8) is 0 Å². The lowest BCUT2D eigenvalue weighted by Crippen LogP contribution is -2.11. The molecule has 0 saturated heterocycles. The van der Waals surface area contributed by atoms with Gasteiger partial charge < -0.3 is 14.6 Å². The van der Waals surface area contributed by atoms with Gasteiger partial charge in [0.25, 0.3) is 0 Å². The molecule has 0 amide bonds. The number of benzene rings is 1. The van der Waals surface area contributed by atoms with Crippen LogP contribution < -0.4 is 4.74 Å². The second kappa shape index (κ2) is 7.41. The highest BCUT2D eigenvalue weighted by Crippen LogP contribution is 2.31. The number of ether oxygens (including phenoxy) is 1. The largest absolute Gasteiger partial charge is 0.462 e. The number of halogens is 2. The zero-order chi connectivity index (χ0) is 17.0. The predicted octanol–water partition coefficient (Wildman–Crippen LogP) is 3.57. The zero-order valence-electron chi connectivity index (χ0n) is 13.1. The van der Waals surface area contributed by atoms with Gasteiger partial charge in [-0.25, -0.2) is 4.39 Å². The summed E-state index contributed by atoms with van der Waals surface area (Å²) in [5.74, 6) is 0.210. The Labute approximate surface area is 142 Å². The number of aromatic nitrogens is 1. The van der Waals surface area contributed by atoms with Crippen molar-refractivity contribution >= 4 is 38.8 Å². The number of H-pyrrole nitrogens is 1. The molecule has 0 aliphatic rings. The number of nitrogens with zero attached hydrogens (tertiary/aromatic N) is 2. The third-order valence-electron chi connectivity index (χ3n) is 3.06. The van der Waals surface area contributed by atoms with Crippen LogP contribution in [0.3, 0.4) is 0 Å². The zero-order valence-corrected chi connectivity index (χ0v) is 14.6. The summed E-state index contributed by atoms with van der Waals surface area (Å²) in [7, 11) is 5.28. The van der Waals surface area contributed by atoms with Gasteiger partial charge in [0, 0.05) is 44.5 Å². The molecule has 7 heteroatoms. The number of alkyl halides is 1. The molecule has 0 saturated carbocycles. The van der Waals surface area contributed by atoms with Crippen LogP contribution in [0.25, 0.3) is 10.9 Å². The normalized spacial score (nSPS) is 12.1. The quantitative estimate of drug-likeness (QED) is 0.472. The third kappa shape index (κ3) is 3.98. The lowest BCUT2D eigenvalue weighted by Gasteiger charge is -2.06. The number of carbonyl (C=O) groups is 1. The van der Waals surface area contributed by atoms with Crippen LogP contribution in [0.2, 0.25) is 0 Å². The van der Waals surface area contributed by atoms with E-state index in [1.807, 2.05) is 14.1 Å². The van der Waals surface area contributed by atoms with Crippen molar-refractivity contribution in [3.05, 3.63) is 40.1 Å². The maximum absolute atomic E-state index is 12.6. The highest BCUT2D eigenvalue weighted by atomic mass is 79.9. The fourth-order valence-electron chi connectivity index (χ4n) is 2.15. The van der Waals surface area contributed by atoms with Crippen molar-refractivity contribution in [2.45, 2.75) is 0 Å². The minimum atomic E-state index is -0.914. The highest BCUT2D eigenvalue weighted by Gasteiger charge is 2.15. The Kier molecular flexibility index (Phi) is 5.54. The first-order chi connectivity index (χ1) is 11.0. The summed E-state index contributed by atoms with van der Waals surface area (Å²) in [6.45, 7) is -0.914. The molecule has 0 spiro atoms. The minimum absolute atomic E-state index is 0.176. The van der Waals surface area contributed by atoms with Gasteiger partial charge in [0.05, 0.1) is 15.7 Å².